The zero-order valence-corrected chi connectivity index (χ0v) is 19.7. The third kappa shape index (κ3) is 5.19. The molecule has 0 spiro atoms. The summed E-state index contributed by atoms with van der Waals surface area (Å²) in [6, 6.07) is 16.5. The third-order valence-corrected chi connectivity index (χ3v) is 7.82. The van der Waals surface area contributed by atoms with Gasteiger partial charge in [-0.2, -0.15) is 0 Å². The number of amides is 2. The van der Waals surface area contributed by atoms with E-state index in [1.165, 1.54) is 22.3 Å². The molecule has 2 fully saturated rings. The van der Waals surface area contributed by atoms with Gasteiger partial charge in [0.15, 0.2) is 0 Å². The maximum atomic E-state index is 12.7. The average Bonchev–Trinajstić information content (AvgIpc) is 3.37. The van der Waals surface area contributed by atoms with E-state index in [2.05, 4.69) is 34.9 Å². The number of carbonyl (C=O) groups excluding carboxylic acids is 2. The largest absolute Gasteiger partial charge is 0.481 e. The molecule has 0 aliphatic heterocycles. The summed E-state index contributed by atoms with van der Waals surface area (Å²) in [6.07, 6.45) is 4.26. The fourth-order valence-corrected chi connectivity index (χ4v) is 6.05. The molecule has 3 aliphatic carbocycles. The van der Waals surface area contributed by atoms with Crippen molar-refractivity contribution in [1.29, 1.82) is 0 Å². The van der Waals surface area contributed by atoms with Crippen LogP contribution >= 0.6 is 0 Å². The summed E-state index contributed by atoms with van der Waals surface area (Å²) in [5, 5.41) is 14.9. The molecule has 2 unspecified atom stereocenters. The van der Waals surface area contributed by atoms with Crippen LogP contribution in [0.4, 0.5) is 4.79 Å². The third-order valence-electron chi connectivity index (χ3n) is 7.82. The predicted molar refractivity (Wildman–Crippen MR) is 131 cm³/mol. The van der Waals surface area contributed by atoms with Crippen LogP contribution < -0.4 is 10.6 Å². The lowest BCUT2D eigenvalue weighted by atomic mass is 9.78. The lowest BCUT2D eigenvalue weighted by Crippen LogP contribution is -2.46. The number of alkyl carbamates (subject to hydrolysis) is 1. The summed E-state index contributed by atoms with van der Waals surface area (Å²) < 4.78 is 5.69. The second-order valence-electron chi connectivity index (χ2n) is 10.2. The number of carbonyl (C=O) groups is 3. The smallest absolute Gasteiger partial charge is 0.407 e. The number of aliphatic carboxylic acids is 1. The molecule has 3 aliphatic rings. The van der Waals surface area contributed by atoms with Gasteiger partial charge in [0.25, 0.3) is 0 Å². The highest BCUT2D eigenvalue weighted by atomic mass is 16.5. The van der Waals surface area contributed by atoms with Crippen LogP contribution in [-0.2, 0) is 14.3 Å². The van der Waals surface area contributed by atoms with E-state index in [0.29, 0.717) is 6.42 Å². The van der Waals surface area contributed by atoms with Gasteiger partial charge in [0.1, 0.15) is 6.61 Å². The van der Waals surface area contributed by atoms with Gasteiger partial charge < -0.3 is 20.5 Å². The summed E-state index contributed by atoms with van der Waals surface area (Å²) in [7, 11) is 0. The maximum Gasteiger partial charge on any atom is 0.407 e. The fourth-order valence-electron chi connectivity index (χ4n) is 6.05. The Kier molecular flexibility index (Phi) is 6.75. The van der Waals surface area contributed by atoms with Gasteiger partial charge in [0, 0.05) is 30.8 Å². The van der Waals surface area contributed by atoms with E-state index in [-0.39, 0.29) is 48.8 Å². The highest BCUT2D eigenvalue weighted by molar-refractivity contribution is 5.79. The minimum Gasteiger partial charge on any atom is -0.481 e. The number of hydrogen-bond donors (Lipinski definition) is 3. The molecule has 2 aromatic carbocycles. The molecule has 0 radical (unpaired) electrons. The standard InChI is InChI=1S/C28H32N2O5/c31-26(29-19-12-17(13-19)14-27(32)33)15-18-6-5-11-25(18)30-28(34)35-16-24-22-9-3-1-7-20(22)21-8-2-4-10-23(21)24/h1-4,7-10,17-19,24-25H,5-6,11-16H2,(H,29,31)(H,30,34)(H,32,33). The molecule has 2 amide bonds. The molecule has 0 saturated heterocycles. The fraction of sp³-hybridized carbons (Fsp3) is 0.464. The Hall–Kier alpha value is -3.35. The second-order valence-corrected chi connectivity index (χ2v) is 10.2. The Morgan fingerprint density at radius 2 is 1.54 bits per heavy atom. The summed E-state index contributed by atoms with van der Waals surface area (Å²) in [4.78, 5) is 36.0. The molecular weight excluding hydrogens is 444 g/mol. The van der Waals surface area contributed by atoms with Crippen LogP contribution in [0, 0.1) is 11.8 Å². The van der Waals surface area contributed by atoms with E-state index in [1.807, 2.05) is 24.3 Å². The number of ether oxygens (including phenoxy) is 1. The second kappa shape index (κ2) is 10.1. The van der Waals surface area contributed by atoms with Gasteiger partial charge in [0.05, 0.1) is 0 Å². The molecule has 0 aromatic heterocycles. The van der Waals surface area contributed by atoms with Crippen LogP contribution in [0.25, 0.3) is 11.1 Å². The minimum absolute atomic E-state index is 0.0185. The Labute approximate surface area is 205 Å². The SMILES string of the molecule is O=C(O)CC1CC(NC(=O)CC2CCCC2NC(=O)OCC2c3ccccc3-c3ccccc32)C1. The topological polar surface area (TPSA) is 105 Å². The van der Waals surface area contributed by atoms with Gasteiger partial charge in [-0.25, -0.2) is 4.79 Å². The number of carboxylic acid groups (broad SMARTS) is 1. The van der Waals surface area contributed by atoms with Crippen LogP contribution in [0.15, 0.2) is 48.5 Å². The average molecular weight is 477 g/mol. The zero-order valence-electron chi connectivity index (χ0n) is 19.7. The van der Waals surface area contributed by atoms with E-state index < -0.39 is 12.1 Å². The summed E-state index contributed by atoms with van der Waals surface area (Å²) in [5.41, 5.74) is 4.75. The number of benzene rings is 2. The first-order chi connectivity index (χ1) is 17.0. The van der Waals surface area contributed by atoms with Gasteiger partial charge >= 0.3 is 12.1 Å². The summed E-state index contributed by atoms with van der Waals surface area (Å²) in [6.45, 7) is 0.275. The molecule has 7 heteroatoms. The van der Waals surface area contributed by atoms with Crippen molar-refractivity contribution < 1.29 is 24.2 Å². The quantitative estimate of drug-likeness (QED) is 0.522. The Morgan fingerprint density at radius 3 is 2.20 bits per heavy atom. The molecule has 2 saturated carbocycles. The van der Waals surface area contributed by atoms with Crippen molar-refractivity contribution >= 4 is 18.0 Å². The molecule has 5 rings (SSSR count). The lowest BCUT2D eigenvalue weighted by molar-refractivity contribution is -0.139. The zero-order chi connectivity index (χ0) is 24.4. The number of carboxylic acids is 1. The lowest BCUT2D eigenvalue weighted by Gasteiger charge is -2.35. The van der Waals surface area contributed by atoms with E-state index in [4.69, 9.17) is 9.84 Å². The Bertz CT molecular complexity index is 1060. The van der Waals surface area contributed by atoms with Gasteiger partial charge in [-0.3, -0.25) is 9.59 Å². The molecule has 3 N–H and O–H groups in total. The van der Waals surface area contributed by atoms with Crippen LogP contribution in [0.1, 0.15) is 62.0 Å². The molecular formula is C28H32N2O5. The van der Waals surface area contributed by atoms with Gasteiger partial charge in [0.2, 0.25) is 5.91 Å². The van der Waals surface area contributed by atoms with Crippen molar-refractivity contribution in [3.8, 4) is 11.1 Å². The monoisotopic (exact) mass is 476 g/mol. The van der Waals surface area contributed by atoms with Crippen molar-refractivity contribution in [2.24, 2.45) is 11.8 Å². The van der Waals surface area contributed by atoms with E-state index in [0.717, 1.165) is 32.1 Å². The number of hydrogen-bond acceptors (Lipinski definition) is 4. The van der Waals surface area contributed by atoms with Crippen LogP contribution in [-0.4, -0.2) is 41.8 Å². The van der Waals surface area contributed by atoms with Crippen LogP contribution in [0.5, 0.6) is 0 Å². The van der Waals surface area contributed by atoms with Gasteiger partial charge in [-0.05, 0) is 59.8 Å². The first-order valence-corrected chi connectivity index (χ1v) is 12.6. The number of rotatable bonds is 8. The van der Waals surface area contributed by atoms with Gasteiger partial charge in [-0.1, -0.05) is 55.0 Å². The van der Waals surface area contributed by atoms with Crippen molar-refractivity contribution in [3.05, 3.63) is 59.7 Å². The van der Waals surface area contributed by atoms with E-state index in [1.54, 1.807) is 0 Å². The maximum absolute atomic E-state index is 12.7. The number of nitrogens with one attached hydrogen (secondary N) is 2. The molecule has 0 bridgehead atoms. The first-order valence-electron chi connectivity index (χ1n) is 12.6. The molecule has 184 valence electrons. The highest BCUT2D eigenvalue weighted by Gasteiger charge is 2.35. The van der Waals surface area contributed by atoms with E-state index >= 15 is 0 Å². The van der Waals surface area contributed by atoms with Crippen molar-refractivity contribution in [1.82, 2.24) is 10.6 Å². The predicted octanol–water partition coefficient (Wildman–Crippen LogP) is 4.45. The molecule has 0 heterocycles. The Balaban J connectivity index is 1.10. The van der Waals surface area contributed by atoms with Crippen LogP contribution in [0.3, 0.4) is 0 Å². The Morgan fingerprint density at radius 1 is 0.886 bits per heavy atom. The summed E-state index contributed by atoms with van der Waals surface area (Å²) >= 11 is 0. The minimum atomic E-state index is -0.784. The van der Waals surface area contributed by atoms with E-state index in [9.17, 15) is 14.4 Å². The highest BCUT2D eigenvalue weighted by Crippen LogP contribution is 2.44. The molecule has 35 heavy (non-hydrogen) atoms. The molecule has 2 atom stereocenters. The van der Waals surface area contributed by atoms with Crippen molar-refractivity contribution in [2.75, 3.05) is 6.61 Å². The summed E-state index contributed by atoms with van der Waals surface area (Å²) in [5.74, 6) is -0.536. The molecule has 2 aromatic rings. The molecule has 7 nitrogen and oxygen atoms in total. The van der Waals surface area contributed by atoms with Crippen molar-refractivity contribution in [2.45, 2.75) is 62.9 Å². The normalized spacial score (nSPS) is 24.7. The van der Waals surface area contributed by atoms with Gasteiger partial charge in [-0.15, -0.1) is 0 Å². The first kappa shape index (κ1) is 23.4. The number of fused-ring (bicyclic) bond motifs is 3. The van der Waals surface area contributed by atoms with Crippen molar-refractivity contribution in [3.63, 3.8) is 0 Å². The van der Waals surface area contributed by atoms with Crippen LogP contribution in [0.2, 0.25) is 0 Å².